The molecule has 0 spiro atoms. The van der Waals surface area contributed by atoms with Crippen LogP contribution in [0.3, 0.4) is 0 Å². The SMILES string of the molecule is CCCCCCC/C=C\C/C=C\C/C=C\CCCCCCCCCCCCCCCCCCCCCCCCCCCCC(=O)NC(COC1OC(CO)C(OC2OC(CO)C(OC3OC(CO)C(O)C(O)C3O)C(O)C2O)C(O)C1O)C(O)CCCCCCCCCCCCCCCCCCCCC. The maximum Gasteiger partial charge on any atom is 0.220 e. The number of carbonyl (C=O) groups excluding carboxylic acids is 1. The van der Waals surface area contributed by atoms with E-state index in [-0.39, 0.29) is 18.9 Å². The summed E-state index contributed by atoms with van der Waals surface area (Å²) in [4.78, 5) is 13.5. The molecule has 0 aromatic carbocycles. The first-order valence-corrected chi connectivity index (χ1v) is 43.7. The fraction of sp³-hybridized carbons (Fsp3) is 0.919. The van der Waals surface area contributed by atoms with Crippen molar-refractivity contribution in [3.05, 3.63) is 36.5 Å². The summed E-state index contributed by atoms with van der Waals surface area (Å²) in [7, 11) is 0. The van der Waals surface area contributed by atoms with Crippen LogP contribution in [0.15, 0.2) is 36.5 Å². The zero-order valence-corrected chi connectivity index (χ0v) is 66.5. The molecule has 19 nitrogen and oxygen atoms in total. The Labute approximate surface area is 638 Å². The molecule has 3 fully saturated rings. The Morgan fingerprint density at radius 3 is 0.981 bits per heavy atom. The van der Waals surface area contributed by atoms with Crippen LogP contribution in [0.25, 0.3) is 0 Å². The van der Waals surface area contributed by atoms with Crippen LogP contribution in [0, 0.1) is 0 Å². The van der Waals surface area contributed by atoms with Gasteiger partial charge in [-0.05, 0) is 51.4 Å². The predicted molar refractivity (Wildman–Crippen MR) is 420 cm³/mol. The van der Waals surface area contributed by atoms with Gasteiger partial charge in [0.2, 0.25) is 5.91 Å². The van der Waals surface area contributed by atoms with E-state index in [1.54, 1.807) is 0 Å². The minimum absolute atomic E-state index is 0.235. The molecule has 19 heteroatoms. The van der Waals surface area contributed by atoms with E-state index in [0.717, 1.165) is 57.8 Å². The van der Waals surface area contributed by atoms with Crippen LogP contribution in [0.2, 0.25) is 0 Å². The van der Waals surface area contributed by atoms with Gasteiger partial charge in [0.05, 0.1) is 38.6 Å². The number of unbranched alkanes of at least 4 members (excludes halogenated alkanes) is 49. The lowest BCUT2D eigenvalue weighted by Gasteiger charge is -2.48. The molecule has 0 aliphatic carbocycles. The topological polar surface area (TPSA) is 307 Å². The van der Waals surface area contributed by atoms with Crippen molar-refractivity contribution in [2.75, 3.05) is 26.4 Å². The lowest BCUT2D eigenvalue weighted by molar-refractivity contribution is -0.379. The Balaban J connectivity index is 1.28. The highest BCUT2D eigenvalue weighted by atomic mass is 16.8. The van der Waals surface area contributed by atoms with Gasteiger partial charge in [-0.15, -0.1) is 0 Å². The third-order valence-electron chi connectivity index (χ3n) is 22.0. The van der Waals surface area contributed by atoms with Gasteiger partial charge >= 0.3 is 0 Å². The van der Waals surface area contributed by atoms with E-state index in [2.05, 4.69) is 55.6 Å². The summed E-state index contributed by atoms with van der Waals surface area (Å²) in [6.07, 6.45) is 56.9. The summed E-state index contributed by atoms with van der Waals surface area (Å²) in [6, 6.07) is -0.886. The second-order valence-electron chi connectivity index (χ2n) is 31.4. The number of carbonyl (C=O) groups is 1. The monoisotopic (exact) mass is 1500 g/mol. The van der Waals surface area contributed by atoms with Crippen LogP contribution in [0.4, 0.5) is 0 Å². The highest BCUT2D eigenvalue weighted by Gasteiger charge is 2.54. The molecule has 618 valence electrons. The van der Waals surface area contributed by atoms with E-state index in [1.807, 2.05) is 0 Å². The first kappa shape index (κ1) is 97.2. The van der Waals surface area contributed by atoms with Gasteiger partial charge in [-0.1, -0.05) is 352 Å². The smallest absolute Gasteiger partial charge is 0.220 e. The minimum Gasteiger partial charge on any atom is -0.394 e. The Kier molecular flexibility index (Phi) is 61.7. The normalized spacial score (nSPS) is 25.9. The maximum atomic E-state index is 13.5. The lowest BCUT2D eigenvalue weighted by Crippen LogP contribution is -2.66. The van der Waals surface area contributed by atoms with Gasteiger partial charge in [-0.2, -0.15) is 0 Å². The molecule has 3 rings (SSSR count). The summed E-state index contributed by atoms with van der Waals surface area (Å²) in [6.45, 7) is 1.84. The van der Waals surface area contributed by atoms with Crippen molar-refractivity contribution in [3.63, 3.8) is 0 Å². The van der Waals surface area contributed by atoms with Crippen molar-refractivity contribution in [3.8, 4) is 0 Å². The van der Waals surface area contributed by atoms with Gasteiger partial charge in [0, 0.05) is 6.42 Å². The van der Waals surface area contributed by atoms with Crippen LogP contribution in [0.5, 0.6) is 0 Å². The van der Waals surface area contributed by atoms with Crippen LogP contribution < -0.4 is 5.32 Å². The molecule has 0 radical (unpaired) electrons. The van der Waals surface area contributed by atoms with Gasteiger partial charge in [0.25, 0.3) is 0 Å². The van der Waals surface area contributed by atoms with E-state index >= 15 is 0 Å². The van der Waals surface area contributed by atoms with E-state index in [9.17, 15) is 61.0 Å². The van der Waals surface area contributed by atoms with Crippen molar-refractivity contribution >= 4 is 5.91 Å². The second kappa shape index (κ2) is 66.6. The van der Waals surface area contributed by atoms with E-state index in [0.29, 0.717) is 12.8 Å². The summed E-state index contributed by atoms with van der Waals surface area (Å²) in [5, 5.41) is 121. The third-order valence-corrected chi connectivity index (χ3v) is 22.0. The van der Waals surface area contributed by atoms with Gasteiger partial charge in [-0.25, -0.2) is 0 Å². The highest BCUT2D eigenvalue weighted by molar-refractivity contribution is 5.76. The highest BCUT2D eigenvalue weighted by Crippen LogP contribution is 2.34. The molecule has 17 atom stereocenters. The molecule has 0 aromatic rings. The van der Waals surface area contributed by atoms with Crippen molar-refractivity contribution < 1.29 is 89.4 Å². The molecule has 12 N–H and O–H groups in total. The molecule has 17 unspecified atom stereocenters. The van der Waals surface area contributed by atoms with Crippen LogP contribution in [-0.2, 0) is 33.2 Å². The zero-order valence-electron chi connectivity index (χ0n) is 66.5. The van der Waals surface area contributed by atoms with Crippen LogP contribution in [-0.4, -0.2) is 193 Å². The average molecular weight is 1500 g/mol. The fourth-order valence-corrected chi connectivity index (χ4v) is 15.0. The largest absolute Gasteiger partial charge is 0.394 e. The summed E-state index contributed by atoms with van der Waals surface area (Å²) in [5.74, 6) is -0.235. The number of ether oxygens (including phenoxy) is 6. The Bertz CT molecular complexity index is 2030. The molecular weight excluding hydrogens is 1330 g/mol. The molecule has 3 heterocycles. The van der Waals surface area contributed by atoms with Crippen molar-refractivity contribution in [2.45, 2.75) is 478 Å². The van der Waals surface area contributed by atoms with E-state index in [1.165, 1.54) is 283 Å². The molecule has 105 heavy (non-hydrogen) atoms. The number of aliphatic hydroxyl groups excluding tert-OH is 11. The summed E-state index contributed by atoms with van der Waals surface area (Å²) >= 11 is 0. The van der Waals surface area contributed by atoms with E-state index in [4.69, 9.17) is 28.4 Å². The molecule has 0 aromatic heterocycles. The lowest BCUT2D eigenvalue weighted by atomic mass is 9.96. The van der Waals surface area contributed by atoms with Crippen molar-refractivity contribution in [1.29, 1.82) is 0 Å². The molecular formula is C86H161NO18. The quantitative estimate of drug-likeness (QED) is 0.0199. The average Bonchev–Trinajstić information content (AvgIpc) is 0.781. The van der Waals surface area contributed by atoms with Crippen molar-refractivity contribution in [1.82, 2.24) is 5.32 Å². The van der Waals surface area contributed by atoms with Gasteiger partial charge in [0.15, 0.2) is 18.9 Å². The molecule has 3 aliphatic heterocycles. The standard InChI is InChI=1S/C86H161NO18/c1-3-5-7-9-11-13-15-17-19-21-23-24-25-26-27-28-29-30-31-32-33-34-35-36-37-38-39-40-41-42-43-44-46-48-50-52-54-56-58-60-62-64-74(92)87-69(70(91)63-61-59-57-55-53-51-49-47-45-22-20-18-16-14-12-10-8-6-4-2)68-100-84-80(98)77(95)82(72(66-89)102-84)105-86-81(99)78(96)83(73(67-90)103-86)104-85-79(97)76(94)75(93)71(65-88)101-85/h15,17,21,23,25-26,69-73,75-86,88-91,93-99H,3-14,16,18-20,22,24,27-68H2,1-2H3,(H,87,92)/b17-15-,23-21-,26-25-. The maximum absolute atomic E-state index is 13.5. The first-order valence-electron chi connectivity index (χ1n) is 43.7. The zero-order chi connectivity index (χ0) is 76.0. The minimum atomic E-state index is -1.97. The Hall–Kier alpha value is -1.99. The number of amides is 1. The number of hydrogen-bond acceptors (Lipinski definition) is 18. The molecule has 3 saturated heterocycles. The Morgan fingerprint density at radius 2 is 0.629 bits per heavy atom. The molecule has 3 aliphatic rings. The Morgan fingerprint density at radius 1 is 0.343 bits per heavy atom. The third kappa shape index (κ3) is 46.0. The van der Waals surface area contributed by atoms with Crippen LogP contribution >= 0.6 is 0 Å². The summed E-state index contributed by atoms with van der Waals surface area (Å²) < 4.78 is 34.5. The summed E-state index contributed by atoms with van der Waals surface area (Å²) in [5.41, 5.74) is 0. The molecule has 0 bridgehead atoms. The van der Waals surface area contributed by atoms with Gasteiger partial charge in [-0.3, -0.25) is 4.79 Å². The number of allylic oxidation sites excluding steroid dienone is 6. The second-order valence-corrected chi connectivity index (χ2v) is 31.4. The number of aliphatic hydroxyl groups is 11. The first-order chi connectivity index (χ1) is 51.3. The molecule has 0 saturated carbocycles. The molecule has 1 amide bonds. The number of nitrogens with one attached hydrogen (secondary N) is 1. The van der Waals surface area contributed by atoms with Gasteiger partial charge in [0.1, 0.15) is 73.2 Å². The van der Waals surface area contributed by atoms with Crippen molar-refractivity contribution in [2.24, 2.45) is 0 Å². The number of rotatable bonds is 71. The van der Waals surface area contributed by atoms with Gasteiger partial charge < -0.3 is 89.9 Å². The fourth-order valence-electron chi connectivity index (χ4n) is 15.0. The predicted octanol–water partition coefficient (Wildman–Crippen LogP) is 15.9. The van der Waals surface area contributed by atoms with E-state index < -0.39 is 124 Å². The number of hydrogen-bond donors (Lipinski definition) is 12. The van der Waals surface area contributed by atoms with Crippen LogP contribution in [0.1, 0.15) is 373 Å².